The van der Waals surface area contributed by atoms with Crippen LogP contribution in [0.15, 0.2) is 48.5 Å². The van der Waals surface area contributed by atoms with E-state index >= 15 is 0 Å². The van der Waals surface area contributed by atoms with Crippen molar-refractivity contribution in [2.24, 2.45) is 0 Å². The van der Waals surface area contributed by atoms with Gasteiger partial charge in [0.25, 0.3) is 0 Å². The number of hydrogen-bond donors (Lipinski definition) is 3. The largest absolute Gasteiger partial charge is 0.358 e. The third-order valence-corrected chi connectivity index (χ3v) is 3.92. The van der Waals surface area contributed by atoms with Crippen LogP contribution in [0.4, 0.5) is 11.4 Å². The molecule has 0 heterocycles. The molecule has 0 aromatic heterocycles. The zero-order chi connectivity index (χ0) is 16.9. The van der Waals surface area contributed by atoms with Crippen LogP contribution in [0.1, 0.15) is 11.1 Å². The summed E-state index contributed by atoms with van der Waals surface area (Å²) in [5, 5.41) is 6.64. The highest BCUT2D eigenvalue weighted by molar-refractivity contribution is 7.92. The van der Waals surface area contributed by atoms with Crippen molar-refractivity contribution in [3.63, 3.8) is 0 Å². The summed E-state index contributed by atoms with van der Waals surface area (Å²) in [6.07, 6.45) is 1.12. The summed E-state index contributed by atoms with van der Waals surface area (Å²) < 4.78 is 25.2. The van der Waals surface area contributed by atoms with Gasteiger partial charge in [-0.05, 0) is 42.4 Å². The molecule has 0 aliphatic heterocycles. The molecule has 0 bridgehead atoms. The van der Waals surface area contributed by atoms with E-state index in [1.165, 1.54) is 0 Å². The Morgan fingerprint density at radius 2 is 1.83 bits per heavy atom. The van der Waals surface area contributed by atoms with Gasteiger partial charge in [0, 0.05) is 12.2 Å². The minimum atomic E-state index is -3.32. The first kappa shape index (κ1) is 17.2. The number of thiocarbonyl (C=S) groups is 1. The van der Waals surface area contributed by atoms with E-state index < -0.39 is 10.0 Å². The Labute approximate surface area is 142 Å². The van der Waals surface area contributed by atoms with E-state index in [1.54, 1.807) is 6.07 Å². The topological polar surface area (TPSA) is 70.2 Å². The van der Waals surface area contributed by atoms with E-state index in [4.69, 9.17) is 12.2 Å². The van der Waals surface area contributed by atoms with Crippen molar-refractivity contribution < 1.29 is 8.42 Å². The molecule has 0 radical (unpaired) electrons. The highest BCUT2D eigenvalue weighted by atomic mass is 32.2. The number of rotatable bonds is 5. The van der Waals surface area contributed by atoms with Crippen molar-refractivity contribution >= 4 is 38.7 Å². The van der Waals surface area contributed by atoms with E-state index in [-0.39, 0.29) is 0 Å². The number of sulfonamides is 1. The lowest BCUT2D eigenvalue weighted by molar-refractivity contribution is 0.607. The third-order valence-electron chi connectivity index (χ3n) is 3.09. The van der Waals surface area contributed by atoms with E-state index in [0.717, 1.165) is 17.4 Å². The summed E-state index contributed by atoms with van der Waals surface area (Å²) in [5.41, 5.74) is 3.21. The second kappa shape index (κ2) is 7.43. The van der Waals surface area contributed by atoms with Crippen molar-refractivity contribution in [3.8, 4) is 0 Å². The molecule has 3 N–H and O–H groups in total. The zero-order valence-corrected chi connectivity index (χ0v) is 14.6. The van der Waals surface area contributed by atoms with Crippen LogP contribution in [-0.2, 0) is 16.6 Å². The number of aryl methyl sites for hydroxylation is 1. The predicted molar refractivity (Wildman–Crippen MR) is 99.1 cm³/mol. The quantitative estimate of drug-likeness (QED) is 0.724. The fourth-order valence-corrected chi connectivity index (χ4v) is 2.77. The van der Waals surface area contributed by atoms with Gasteiger partial charge in [-0.1, -0.05) is 36.4 Å². The minimum absolute atomic E-state index is 0.475. The Morgan fingerprint density at radius 1 is 1.13 bits per heavy atom. The molecule has 2 aromatic carbocycles. The molecule has 0 saturated carbocycles. The fraction of sp³-hybridized carbons (Fsp3) is 0.188. The summed E-state index contributed by atoms with van der Waals surface area (Å²) >= 11 is 5.26. The van der Waals surface area contributed by atoms with Crippen LogP contribution >= 0.6 is 12.2 Å². The molecule has 5 nitrogen and oxygen atoms in total. The van der Waals surface area contributed by atoms with Gasteiger partial charge in [0.05, 0.1) is 11.9 Å². The van der Waals surface area contributed by atoms with Gasteiger partial charge in [-0.25, -0.2) is 8.42 Å². The molecule has 0 fully saturated rings. The van der Waals surface area contributed by atoms with Crippen molar-refractivity contribution in [3.05, 3.63) is 59.7 Å². The van der Waals surface area contributed by atoms with Crippen LogP contribution in [0.25, 0.3) is 0 Å². The molecule has 0 atom stereocenters. The van der Waals surface area contributed by atoms with Crippen molar-refractivity contribution in [1.82, 2.24) is 5.32 Å². The van der Waals surface area contributed by atoms with Crippen molar-refractivity contribution in [1.29, 1.82) is 0 Å². The molecule has 0 aliphatic carbocycles. The zero-order valence-electron chi connectivity index (χ0n) is 13.0. The Kier molecular flexibility index (Phi) is 5.57. The predicted octanol–water partition coefficient (Wildman–Crippen LogP) is 2.85. The molecule has 23 heavy (non-hydrogen) atoms. The average molecular weight is 349 g/mol. The van der Waals surface area contributed by atoms with Crippen LogP contribution < -0.4 is 15.4 Å². The lowest BCUT2D eigenvalue weighted by Crippen LogP contribution is -2.27. The number of benzene rings is 2. The SMILES string of the molecule is Cc1ccc(NC(=S)NCc2ccccc2)cc1NS(C)(=O)=O. The monoisotopic (exact) mass is 349 g/mol. The van der Waals surface area contributed by atoms with Crippen molar-refractivity contribution in [2.75, 3.05) is 16.3 Å². The van der Waals surface area contributed by atoms with Gasteiger partial charge in [0.1, 0.15) is 0 Å². The Bertz CT molecular complexity index is 790. The van der Waals surface area contributed by atoms with Crippen LogP contribution in [0.2, 0.25) is 0 Å². The summed E-state index contributed by atoms with van der Waals surface area (Å²) in [6, 6.07) is 15.3. The summed E-state index contributed by atoms with van der Waals surface area (Å²) in [4.78, 5) is 0. The van der Waals surface area contributed by atoms with Gasteiger partial charge in [-0.3, -0.25) is 4.72 Å². The van der Waals surface area contributed by atoms with E-state index in [1.807, 2.05) is 49.4 Å². The maximum Gasteiger partial charge on any atom is 0.229 e. The molecule has 0 unspecified atom stereocenters. The molecular formula is C16H19N3O2S2. The lowest BCUT2D eigenvalue weighted by Gasteiger charge is -2.13. The minimum Gasteiger partial charge on any atom is -0.358 e. The van der Waals surface area contributed by atoms with Gasteiger partial charge in [-0.2, -0.15) is 0 Å². The van der Waals surface area contributed by atoms with Crippen LogP contribution in [-0.4, -0.2) is 19.8 Å². The smallest absolute Gasteiger partial charge is 0.229 e. The van der Waals surface area contributed by atoms with E-state index in [2.05, 4.69) is 15.4 Å². The molecule has 2 rings (SSSR count). The first-order valence-corrected chi connectivity index (χ1v) is 9.31. The third kappa shape index (κ3) is 5.88. The van der Waals surface area contributed by atoms with Gasteiger partial charge in [0.2, 0.25) is 10.0 Å². The van der Waals surface area contributed by atoms with Crippen LogP contribution in [0.3, 0.4) is 0 Å². The molecule has 0 saturated heterocycles. The second-order valence-corrected chi connectivity index (χ2v) is 7.35. The van der Waals surface area contributed by atoms with E-state index in [0.29, 0.717) is 23.0 Å². The Hall–Kier alpha value is -2.12. The molecule has 2 aromatic rings. The molecule has 0 aliphatic rings. The first-order chi connectivity index (χ1) is 10.8. The molecule has 0 spiro atoms. The second-order valence-electron chi connectivity index (χ2n) is 5.20. The van der Waals surface area contributed by atoms with Gasteiger partial charge in [-0.15, -0.1) is 0 Å². The Morgan fingerprint density at radius 3 is 2.48 bits per heavy atom. The maximum atomic E-state index is 11.4. The van der Waals surface area contributed by atoms with Crippen LogP contribution in [0.5, 0.6) is 0 Å². The number of nitrogens with one attached hydrogen (secondary N) is 3. The molecule has 0 amide bonds. The van der Waals surface area contributed by atoms with Gasteiger partial charge < -0.3 is 10.6 Å². The Balaban J connectivity index is 1.99. The van der Waals surface area contributed by atoms with E-state index in [9.17, 15) is 8.42 Å². The summed E-state index contributed by atoms with van der Waals surface area (Å²) in [7, 11) is -3.32. The highest BCUT2D eigenvalue weighted by Gasteiger charge is 2.07. The average Bonchev–Trinajstić information content (AvgIpc) is 2.48. The number of hydrogen-bond acceptors (Lipinski definition) is 3. The lowest BCUT2D eigenvalue weighted by atomic mass is 10.2. The summed E-state index contributed by atoms with van der Waals surface area (Å²) in [5.74, 6) is 0. The molecular weight excluding hydrogens is 330 g/mol. The normalized spacial score (nSPS) is 10.9. The van der Waals surface area contributed by atoms with Crippen molar-refractivity contribution in [2.45, 2.75) is 13.5 Å². The maximum absolute atomic E-state index is 11.4. The highest BCUT2D eigenvalue weighted by Crippen LogP contribution is 2.21. The van der Waals surface area contributed by atoms with Gasteiger partial charge in [0.15, 0.2) is 5.11 Å². The fourth-order valence-electron chi connectivity index (χ4n) is 1.96. The molecule has 7 heteroatoms. The van der Waals surface area contributed by atoms with Crippen LogP contribution in [0, 0.1) is 6.92 Å². The van der Waals surface area contributed by atoms with Gasteiger partial charge >= 0.3 is 0 Å². The molecule has 122 valence electrons. The summed E-state index contributed by atoms with van der Waals surface area (Å²) in [6.45, 7) is 2.45. The standard InChI is InChI=1S/C16H19N3O2S2/c1-12-8-9-14(10-15(12)19-23(2,20)21)18-16(22)17-11-13-6-4-3-5-7-13/h3-10,19H,11H2,1-2H3,(H2,17,18,22). The first-order valence-electron chi connectivity index (χ1n) is 7.01. The number of anilines is 2.